The predicted molar refractivity (Wildman–Crippen MR) is 149 cm³/mol. The summed E-state index contributed by atoms with van der Waals surface area (Å²) < 4.78 is 13.5. The number of halogens is 1. The third kappa shape index (κ3) is 5.21. The van der Waals surface area contributed by atoms with Crippen LogP contribution in [-0.2, 0) is 16.1 Å². The van der Waals surface area contributed by atoms with Gasteiger partial charge in [-0.05, 0) is 49.2 Å². The number of thiazole rings is 1. The number of para-hydroxylation sites is 1. The maximum atomic E-state index is 13.8. The molecule has 0 fully saturated rings. The van der Waals surface area contributed by atoms with E-state index in [4.69, 9.17) is 21.1 Å². The average molecular weight is 545 g/mol. The van der Waals surface area contributed by atoms with Crippen molar-refractivity contribution in [3.8, 4) is 5.75 Å². The average Bonchev–Trinajstić information content (AvgIpc) is 3.23. The van der Waals surface area contributed by atoms with E-state index in [9.17, 15) is 9.59 Å². The number of carbonyl (C=O) groups is 1. The molecule has 1 atom stereocenters. The second-order valence-corrected chi connectivity index (χ2v) is 10.1. The van der Waals surface area contributed by atoms with Crippen molar-refractivity contribution in [2.45, 2.75) is 26.5 Å². The molecule has 192 valence electrons. The number of fused-ring (bicyclic) bond motifs is 1. The first-order valence-electron chi connectivity index (χ1n) is 12.2. The molecule has 3 aromatic carbocycles. The second-order valence-electron chi connectivity index (χ2n) is 8.67. The van der Waals surface area contributed by atoms with E-state index in [1.807, 2.05) is 84.9 Å². The van der Waals surface area contributed by atoms with E-state index in [1.54, 1.807) is 18.4 Å². The molecule has 0 amide bonds. The first kappa shape index (κ1) is 25.7. The molecule has 1 aliphatic heterocycles. The first-order valence-corrected chi connectivity index (χ1v) is 13.4. The SMILES string of the molecule is CCOC(=O)C1=C(C)N=c2s/c(=C/c3ccccc3OCc3ccc(Cl)cc3)c(=O)n2[C@H]1c1ccccc1. The van der Waals surface area contributed by atoms with Gasteiger partial charge in [0.15, 0.2) is 4.80 Å². The summed E-state index contributed by atoms with van der Waals surface area (Å²) in [6.45, 7) is 4.12. The Morgan fingerprint density at radius 1 is 1.05 bits per heavy atom. The molecule has 0 saturated heterocycles. The molecule has 6 nitrogen and oxygen atoms in total. The van der Waals surface area contributed by atoms with E-state index in [2.05, 4.69) is 4.99 Å². The Labute approximate surface area is 228 Å². The van der Waals surface area contributed by atoms with Gasteiger partial charge in [-0.15, -0.1) is 0 Å². The van der Waals surface area contributed by atoms with E-state index < -0.39 is 12.0 Å². The molecule has 0 bridgehead atoms. The summed E-state index contributed by atoms with van der Waals surface area (Å²) in [6.07, 6.45) is 1.81. The van der Waals surface area contributed by atoms with Crippen LogP contribution in [0.3, 0.4) is 0 Å². The minimum absolute atomic E-state index is 0.231. The van der Waals surface area contributed by atoms with E-state index in [0.29, 0.717) is 38.0 Å². The highest BCUT2D eigenvalue weighted by Gasteiger charge is 2.33. The van der Waals surface area contributed by atoms with Crippen molar-refractivity contribution in [2.75, 3.05) is 6.61 Å². The van der Waals surface area contributed by atoms with Crippen LogP contribution in [0.4, 0.5) is 0 Å². The normalized spacial score (nSPS) is 15.1. The molecule has 0 radical (unpaired) electrons. The zero-order valence-corrected chi connectivity index (χ0v) is 22.5. The molecule has 0 saturated carbocycles. The highest BCUT2D eigenvalue weighted by molar-refractivity contribution is 7.07. The van der Waals surface area contributed by atoms with Crippen LogP contribution in [0.5, 0.6) is 5.75 Å². The summed E-state index contributed by atoms with van der Waals surface area (Å²) in [5, 5.41) is 0.666. The van der Waals surface area contributed by atoms with Gasteiger partial charge >= 0.3 is 5.97 Å². The maximum Gasteiger partial charge on any atom is 0.338 e. The molecular weight excluding hydrogens is 520 g/mol. The van der Waals surface area contributed by atoms with Crippen molar-refractivity contribution in [3.63, 3.8) is 0 Å². The molecule has 8 heteroatoms. The standard InChI is InChI=1S/C30H25ClN2O4S/c1-3-36-29(35)26-19(2)32-30-33(27(26)21-9-5-4-6-10-21)28(34)25(38-30)17-22-11-7-8-12-24(22)37-18-20-13-15-23(31)16-14-20/h4-17,27H,3,18H2,1-2H3/b25-17+/t27-/m0/s1. The number of hydrogen-bond donors (Lipinski definition) is 0. The lowest BCUT2D eigenvalue weighted by molar-refractivity contribution is -0.139. The van der Waals surface area contributed by atoms with Gasteiger partial charge in [0.2, 0.25) is 0 Å². The highest BCUT2D eigenvalue weighted by atomic mass is 35.5. The smallest absolute Gasteiger partial charge is 0.338 e. The Kier molecular flexibility index (Phi) is 7.58. The van der Waals surface area contributed by atoms with E-state index >= 15 is 0 Å². The molecule has 0 N–H and O–H groups in total. The highest BCUT2D eigenvalue weighted by Crippen LogP contribution is 2.30. The van der Waals surface area contributed by atoms with Gasteiger partial charge in [-0.1, -0.05) is 83.6 Å². The molecule has 1 aromatic heterocycles. The molecule has 4 aromatic rings. The van der Waals surface area contributed by atoms with Crippen LogP contribution in [0, 0.1) is 0 Å². The Bertz CT molecular complexity index is 1690. The zero-order chi connectivity index (χ0) is 26.6. The molecule has 0 aliphatic carbocycles. The third-order valence-corrected chi connectivity index (χ3v) is 7.38. The first-order chi connectivity index (χ1) is 18.5. The molecule has 1 aliphatic rings. The summed E-state index contributed by atoms with van der Waals surface area (Å²) >= 11 is 7.27. The van der Waals surface area contributed by atoms with Crippen molar-refractivity contribution < 1.29 is 14.3 Å². The lowest BCUT2D eigenvalue weighted by Gasteiger charge is -2.24. The van der Waals surface area contributed by atoms with Crippen LogP contribution in [0.25, 0.3) is 6.08 Å². The van der Waals surface area contributed by atoms with E-state index in [1.165, 1.54) is 11.3 Å². The Hall–Kier alpha value is -3.94. The van der Waals surface area contributed by atoms with Crippen molar-refractivity contribution in [1.82, 2.24) is 4.57 Å². The minimum Gasteiger partial charge on any atom is -0.488 e. The Morgan fingerprint density at radius 2 is 1.76 bits per heavy atom. The summed E-state index contributed by atoms with van der Waals surface area (Å²) in [7, 11) is 0. The second kappa shape index (κ2) is 11.2. The largest absolute Gasteiger partial charge is 0.488 e. The van der Waals surface area contributed by atoms with Gasteiger partial charge in [0.25, 0.3) is 5.56 Å². The van der Waals surface area contributed by atoms with Crippen LogP contribution in [0.2, 0.25) is 5.02 Å². The van der Waals surface area contributed by atoms with Crippen LogP contribution >= 0.6 is 22.9 Å². The maximum absolute atomic E-state index is 13.8. The van der Waals surface area contributed by atoms with E-state index in [-0.39, 0.29) is 12.2 Å². The molecular formula is C30H25ClN2O4S. The van der Waals surface area contributed by atoms with Crippen LogP contribution < -0.4 is 19.6 Å². The van der Waals surface area contributed by atoms with Crippen molar-refractivity contribution in [2.24, 2.45) is 4.99 Å². The number of benzene rings is 3. The number of rotatable bonds is 7. The predicted octanol–water partition coefficient (Wildman–Crippen LogP) is 5.03. The van der Waals surface area contributed by atoms with Gasteiger partial charge in [0.05, 0.1) is 28.5 Å². The van der Waals surface area contributed by atoms with Crippen LogP contribution in [0.1, 0.15) is 36.6 Å². The topological polar surface area (TPSA) is 69.9 Å². The fourth-order valence-electron chi connectivity index (χ4n) is 4.36. The number of ether oxygens (including phenoxy) is 2. The quantitative estimate of drug-likeness (QED) is 0.306. The number of nitrogens with zero attached hydrogens (tertiary/aromatic N) is 2. The van der Waals surface area contributed by atoms with Gasteiger partial charge in [0, 0.05) is 10.6 Å². The summed E-state index contributed by atoms with van der Waals surface area (Å²) in [5.74, 6) is 0.175. The monoisotopic (exact) mass is 544 g/mol. The summed E-state index contributed by atoms with van der Waals surface area (Å²) in [5.41, 5.74) is 3.23. The number of aromatic nitrogens is 1. The molecule has 2 heterocycles. The van der Waals surface area contributed by atoms with Crippen molar-refractivity contribution in [1.29, 1.82) is 0 Å². The lowest BCUT2D eigenvalue weighted by Crippen LogP contribution is -2.39. The van der Waals surface area contributed by atoms with Crippen LogP contribution in [0.15, 0.2) is 99.9 Å². The Morgan fingerprint density at radius 3 is 2.50 bits per heavy atom. The number of hydrogen-bond acceptors (Lipinski definition) is 6. The lowest BCUT2D eigenvalue weighted by atomic mass is 9.96. The fraction of sp³-hybridized carbons (Fsp3) is 0.167. The summed E-state index contributed by atoms with van der Waals surface area (Å²) in [4.78, 5) is 32.0. The van der Waals surface area contributed by atoms with E-state index in [0.717, 1.165) is 16.7 Å². The van der Waals surface area contributed by atoms with Crippen molar-refractivity contribution >= 4 is 35.0 Å². The molecule has 0 spiro atoms. The zero-order valence-electron chi connectivity index (χ0n) is 20.9. The number of esters is 1. The Balaban J connectivity index is 1.58. The summed E-state index contributed by atoms with van der Waals surface area (Å²) in [6, 6.07) is 23.9. The van der Waals surface area contributed by atoms with Gasteiger partial charge in [0.1, 0.15) is 12.4 Å². The van der Waals surface area contributed by atoms with Gasteiger partial charge in [-0.2, -0.15) is 0 Å². The molecule has 5 rings (SSSR count). The fourth-order valence-corrected chi connectivity index (χ4v) is 5.52. The minimum atomic E-state index is -0.634. The number of allylic oxidation sites excluding steroid dienone is 1. The van der Waals surface area contributed by atoms with Gasteiger partial charge in [-0.25, -0.2) is 9.79 Å². The molecule has 38 heavy (non-hydrogen) atoms. The third-order valence-electron chi connectivity index (χ3n) is 6.15. The van der Waals surface area contributed by atoms with Gasteiger partial charge in [-0.3, -0.25) is 9.36 Å². The van der Waals surface area contributed by atoms with Gasteiger partial charge < -0.3 is 9.47 Å². The number of carbonyl (C=O) groups excluding carboxylic acids is 1. The molecule has 0 unspecified atom stereocenters. The van der Waals surface area contributed by atoms with Crippen molar-refractivity contribution in [3.05, 3.63) is 132 Å². The van der Waals surface area contributed by atoms with Crippen LogP contribution in [-0.4, -0.2) is 17.1 Å².